The number of rotatable bonds is 3. The van der Waals surface area contributed by atoms with Gasteiger partial charge in [0.1, 0.15) is 0 Å². The normalized spacial score (nSPS) is 12.9. The predicted octanol–water partition coefficient (Wildman–Crippen LogP) is 1.62. The SMILES string of the molecule is NCCC(O)c1nccc2ccccc12. The summed E-state index contributed by atoms with van der Waals surface area (Å²) in [5.74, 6) is 0. The molecule has 0 aliphatic rings. The van der Waals surface area contributed by atoms with E-state index in [9.17, 15) is 5.11 Å². The van der Waals surface area contributed by atoms with Gasteiger partial charge in [-0.25, -0.2) is 0 Å². The van der Waals surface area contributed by atoms with Crippen LogP contribution in [0.4, 0.5) is 0 Å². The first-order valence-corrected chi connectivity index (χ1v) is 5.04. The van der Waals surface area contributed by atoms with E-state index in [0.29, 0.717) is 13.0 Å². The Morgan fingerprint density at radius 1 is 1.27 bits per heavy atom. The van der Waals surface area contributed by atoms with Gasteiger partial charge in [-0.3, -0.25) is 4.98 Å². The van der Waals surface area contributed by atoms with Gasteiger partial charge in [-0.05, 0) is 24.4 Å². The molecule has 3 nitrogen and oxygen atoms in total. The maximum Gasteiger partial charge on any atom is 0.0978 e. The number of hydrogen-bond donors (Lipinski definition) is 2. The average Bonchev–Trinajstić information content (AvgIpc) is 2.28. The van der Waals surface area contributed by atoms with Gasteiger partial charge < -0.3 is 10.8 Å². The van der Waals surface area contributed by atoms with Crippen LogP contribution in [0.25, 0.3) is 10.8 Å². The minimum atomic E-state index is -0.568. The lowest BCUT2D eigenvalue weighted by molar-refractivity contribution is 0.167. The largest absolute Gasteiger partial charge is 0.387 e. The molecule has 1 aromatic carbocycles. The molecule has 0 bridgehead atoms. The minimum Gasteiger partial charge on any atom is -0.387 e. The lowest BCUT2D eigenvalue weighted by atomic mass is 10.0. The summed E-state index contributed by atoms with van der Waals surface area (Å²) in [5.41, 5.74) is 6.14. The molecule has 0 saturated heterocycles. The van der Waals surface area contributed by atoms with Crippen LogP contribution in [0.5, 0.6) is 0 Å². The number of pyridine rings is 1. The molecular weight excluding hydrogens is 188 g/mol. The van der Waals surface area contributed by atoms with Crippen LogP contribution in [0.3, 0.4) is 0 Å². The molecule has 3 N–H and O–H groups in total. The maximum absolute atomic E-state index is 9.88. The van der Waals surface area contributed by atoms with Crippen LogP contribution < -0.4 is 5.73 Å². The van der Waals surface area contributed by atoms with E-state index in [2.05, 4.69) is 4.98 Å². The summed E-state index contributed by atoms with van der Waals surface area (Å²) >= 11 is 0. The molecule has 0 fully saturated rings. The number of nitrogens with two attached hydrogens (primary N) is 1. The second-order valence-corrected chi connectivity index (χ2v) is 3.51. The Balaban J connectivity index is 2.50. The highest BCUT2D eigenvalue weighted by atomic mass is 16.3. The van der Waals surface area contributed by atoms with Crippen molar-refractivity contribution in [3.05, 3.63) is 42.2 Å². The standard InChI is InChI=1S/C12H14N2O/c13-7-5-11(15)12-10-4-2-1-3-9(10)6-8-14-12/h1-4,6,8,11,15H,5,7,13H2. The van der Waals surface area contributed by atoms with Gasteiger partial charge in [0.05, 0.1) is 11.8 Å². The lowest BCUT2D eigenvalue weighted by Gasteiger charge is -2.11. The molecule has 2 aromatic rings. The molecule has 1 heterocycles. The van der Waals surface area contributed by atoms with Crippen molar-refractivity contribution in [3.8, 4) is 0 Å². The van der Waals surface area contributed by atoms with Crippen molar-refractivity contribution in [1.82, 2.24) is 4.98 Å². The second-order valence-electron chi connectivity index (χ2n) is 3.51. The van der Waals surface area contributed by atoms with Crippen LogP contribution in [0.1, 0.15) is 18.2 Å². The molecule has 0 radical (unpaired) electrons. The van der Waals surface area contributed by atoms with E-state index < -0.39 is 6.10 Å². The third kappa shape index (κ3) is 1.98. The van der Waals surface area contributed by atoms with Crippen molar-refractivity contribution in [1.29, 1.82) is 0 Å². The Kier molecular flexibility index (Phi) is 2.94. The van der Waals surface area contributed by atoms with Crippen molar-refractivity contribution < 1.29 is 5.11 Å². The van der Waals surface area contributed by atoms with Crippen molar-refractivity contribution in [3.63, 3.8) is 0 Å². The number of hydrogen-bond acceptors (Lipinski definition) is 3. The molecular formula is C12H14N2O. The number of aliphatic hydroxyl groups excluding tert-OH is 1. The Bertz CT molecular complexity index is 451. The molecule has 0 aliphatic carbocycles. The van der Waals surface area contributed by atoms with E-state index in [1.54, 1.807) is 6.20 Å². The quantitative estimate of drug-likeness (QED) is 0.795. The minimum absolute atomic E-state index is 0.464. The summed E-state index contributed by atoms with van der Waals surface area (Å²) in [4.78, 5) is 4.22. The highest BCUT2D eigenvalue weighted by Gasteiger charge is 2.10. The molecule has 1 unspecified atom stereocenters. The lowest BCUT2D eigenvalue weighted by Crippen LogP contribution is -2.08. The van der Waals surface area contributed by atoms with Gasteiger partial charge in [-0.15, -0.1) is 0 Å². The molecule has 78 valence electrons. The summed E-state index contributed by atoms with van der Waals surface area (Å²) in [5, 5.41) is 12.0. The van der Waals surface area contributed by atoms with Crippen molar-refractivity contribution >= 4 is 10.8 Å². The van der Waals surface area contributed by atoms with Crippen LogP contribution in [-0.2, 0) is 0 Å². The first kappa shape index (κ1) is 10.1. The van der Waals surface area contributed by atoms with Crippen LogP contribution in [0.15, 0.2) is 36.5 Å². The fourth-order valence-corrected chi connectivity index (χ4v) is 1.70. The topological polar surface area (TPSA) is 59.1 Å². The molecule has 0 aliphatic heterocycles. The van der Waals surface area contributed by atoms with E-state index in [-0.39, 0.29) is 0 Å². The number of aliphatic hydroxyl groups is 1. The highest BCUT2D eigenvalue weighted by Crippen LogP contribution is 2.23. The summed E-state index contributed by atoms with van der Waals surface area (Å²) in [7, 11) is 0. The van der Waals surface area contributed by atoms with Crippen LogP contribution in [0, 0.1) is 0 Å². The Morgan fingerprint density at radius 2 is 2.07 bits per heavy atom. The van der Waals surface area contributed by atoms with Crippen molar-refractivity contribution in [2.75, 3.05) is 6.54 Å². The van der Waals surface area contributed by atoms with Crippen LogP contribution in [-0.4, -0.2) is 16.6 Å². The Hall–Kier alpha value is -1.45. The zero-order chi connectivity index (χ0) is 10.7. The molecule has 15 heavy (non-hydrogen) atoms. The first-order chi connectivity index (χ1) is 7.33. The van der Waals surface area contributed by atoms with Gasteiger partial charge in [0, 0.05) is 11.6 Å². The van der Waals surface area contributed by atoms with Gasteiger partial charge in [0.15, 0.2) is 0 Å². The number of benzene rings is 1. The zero-order valence-electron chi connectivity index (χ0n) is 8.43. The Morgan fingerprint density at radius 3 is 2.87 bits per heavy atom. The van der Waals surface area contributed by atoms with Gasteiger partial charge in [0.25, 0.3) is 0 Å². The number of aromatic nitrogens is 1. The first-order valence-electron chi connectivity index (χ1n) is 5.04. The van der Waals surface area contributed by atoms with E-state index in [1.165, 1.54) is 0 Å². The molecule has 3 heteroatoms. The summed E-state index contributed by atoms with van der Waals surface area (Å²) in [6.45, 7) is 0.464. The van der Waals surface area contributed by atoms with Gasteiger partial charge in [0.2, 0.25) is 0 Å². The van der Waals surface area contributed by atoms with E-state index in [4.69, 9.17) is 5.73 Å². The molecule has 0 spiro atoms. The molecule has 1 atom stereocenters. The summed E-state index contributed by atoms with van der Waals surface area (Å²) in [6.07, 6.45) is 1.69. The van der Waals surface area contributed by atoms with E-state index in [0.717, 1.165) is 16.5 Å². The van der Waals surface area contributed by atoms with Gasteiger partial charge in [-0.2, -0.15) is 0 Å². The fraction of sp³-hybridized carbons (Fsp3) is 0.250. The van der Waals surface area contributed by atoms with E-state index in [1.807, 2.05) is 30.3 Å². The van der Waals surface area contributed by atoms with Gasteiger partial charge in [-0.1, -0.05) is 24.3 Å². The van der Waals surface area contributed by atoms with Gasteiger partial charge >= 0.3 is 0 Å². The van der Waals surface area contributed by atoms with Crippen molar-refractivity contribution in [2.24, 2.45) is 5.73 Å². The van der Waals surface area contributed by atoms with Crippen LogP contribution in [0.2, 0.25) is 0 Å². The third-order valence-corrected chi connectivity index (χ3v) is 2.46. The van der Waals surface area contributed by atoms with E-state index >= 15 is 0 Å². The highest BCUT2D eigenvalue weighted by molar-refractivity contribution is 5.84. The monoisotopic (exact) mass is 202 g/mol. The molecule has 1 aromatic heterocycles. The van der Waals surface area contributed by atoms with Crippen LogP contribution >= 0.6 is 0 Å². The molecule has 2 rings (SSSR count). The number of fused-ring (bicyclic) bond motifs is 1. The Labute approximate surface area is 88.6 Å². The summed E-state index contributed by atoms with van der Waals surface area (Å²) < 4.78 is 0. The smallest absolute Gasteiger partial charge is 0.0978 e. The second kappa shape index (κ2) is 4.38. The average molecular weight is 202 g/mol. The summed E-state index contributed by atoms with van der Waals surface area (Å²) in [6, 6.07) is 9.84. The third-order valence-electron chi connectivity index (χ3n) is 2.46. The molecule has 0 saturated carbocycles. The fourth-order valence-electron chi connectivity index (χ4n) is 1.70. The number of nitrogens with zero attached hydrogens (tertiary/aromatic N) is 1. The predicted molar refractivity (Wildman–Crippen MR) is 60.4 cm³/mol. The van der Waals surface area contributed by atoms with Crippen molar-refractivity contribution in [2.45, 2.75) is 12.5 Å². The maximum atomic E-state index is 9.88. The molecule has 0 amide bonds. The zero-order valence-corrected chi connectivity index (χ0v) is 8.43.